The molecule has 3 heteroatoms. The van der Waals surface area contributed by atoms with Crippen LogP contribution in [0.1, 0.15) is 9.30 Å². The molecule has 0 saturated heterocycles. The van der Waals surface area contributed by atoms with Crippen LogP contribution in [-0.4, -0.2) is 0 Å². The van der Waals surface area contributed by atoms with Gasteiger partial charge in [-0.15, -0.1) is 0 Å². The molecular weight excluding hydrogens is 335 g/mol. The van der Waals surface area contributed by atoms with Crippen LogP contribution in [0.2, 0.25) is 0 Å². The third-order valence-corrected chi connectivity index (χ3v) is 3.35. The Hall–Kier alpha value is -0.670. The first kappa shape index (κ1) is 11.8. The van der Waals surface area contributed by atoms with Crippen molar-refractivity contribution in [3.63, 3.8) is 0 Å². The molecule has 0 aliphatic carbocycles. The highest BCUT2D eigenvalue weighted by atomic mass is 79.9. The SMILES string of the molecule is Fc1ccccc1-c1ccccc1C(Br)Br. The summed E-state index contributed by atoms with van der Waals surface area (Å²) in [6.07, 6.45) is 0. The lowest BCUT2D eigenvalue weighted by atomic mass is 10.0. The zero-order valence-corrected chi connectivity index (χ0v) is 11.5. The molecule has 2 rings (SSSR count). The maximum absolute atomic E-state index is 13.7. The average molecular weight is 344 g/mol. The van der Waals surface area contributed by atoms with Crippen molar-refractivity contribution in [2.75, 3.05) is 0 Å². The molecule has 0 amide bonds. The van der Waals surface area contributed by atoms with Gasteiger partial charge in [0.25, 0.3) is 0 Å². The Morgan fingerprint density at radius 1 is 0.812 bits per heavy atom. The van der Waals surface area contributed by atoms with Gasteiger partial charge >= 0.3 is 0 Å². The number of hydrogen-bond donors (Lipinski definition) is 0. The molecule has 0 radical (unpaired) electrons. The maximum atomic E-state index is 13.7. The van der Waals surface area contributed by atoms with E-state index in [2.05, 4.69) is 31.9 Å². The van der Waals surface area contributed by atoms with Crippen molar-refractivity contribution in [3.05, 3.63) is 59.9 Å². The molecule has 0 atom stereocenters. The zero-order chi connectivity index (χ0) is 11.5. The predicted octanol–water partition coefficient (Wildman–Crippen LogP) is 5.28. The van der Waals surface area contributed by atoms with Crippen molar-refractivity contribution in [3.8, 4) is 11.1 Å². The molecule has 2 aromatic rings. The summed E-state index contributed by atoms with van der Waals surface area (Å²) < 4.78 is 13.7. The molecule has 0 nitrogen and oxygen atoms in total. The van der Waals surface area contributed by atoms with Crippen molar-refractivity contribution in [2.45, 2.75) is 3.74 Å². The van der Waals surface area contributed by atoms with E-state index >= 15 is 0 Å². The molecular formula is C13H9Br2F. The molecule has 0 heterocycles. The van der Waals surface area contributed by atoms with Gasteiger partial charge < -0.3 is 0 Å². The number of alkyl halides is 2. The van der Waals surface area contributed by atoms with Gasteiger partial charge in [-0.3, -0.25) is 0 Å². The highest BCUT2D eigenvalue weighted by Crippen LogP contribution is 2.37. The molecule has 0 aromatic heterocycles. The summed E-state index contributed by atoms with van der Waals surface area (Å²) in [6.45, 7) is 0. The maximum Gasteiger partial charge on any atom is 0.131 e. The Balaban J connectivity index is 2.60. The van der Waals surface area contributed by atoms with Gasteiger partial charge in [0.1, 0.15) is 5.82 Å². The van der Waals surface area contributed by atoms with Crippen LogP contribution in [0.5, 0.6) is 0 Å². The predicted molar refractivity (Wildman–Crippen MR) is 72.4 cm³/mol. The van der Waals surface area contributed by atoms with E-state index in [0.717, 1.165) is 11.1 Å². The molecule has 82 valence electrons. The Bertz CT molecular complexity index is 495. The summed E-state index contributed by atoms with van der Waals surface area (Å²) in [5.41, 5.74) is 2.55. The van der Waals surface area contributed by atoms with E-state index in [-0.39, 0.29) is 9.55 Å². The quantitative estimate of drug-likeness (QED) is 0.650. The van der Waals surface area contributed by atoms with Crippen molar-refractivity contribution in [1.82, 2.24) is 0 Å². The molecule has 2 aromatic carbocycles. The molecule has 0 aliphatic heterocycles. The van der Waals surface area contributed by atoms with E-state index in [4.69, 9.17) is 0 Å². The first-order valence-corrected chi connectivity index (χ1v) is 6.65. The molecule has 0 spiro atoms. The van der Waals surface area contributed by atoms with Gasteiger partial charge in [0.05, 0.1) is 3.74 Å². The fraction of sp³-hybridized carbons (Fsp3) is 0.0769. The topological polar surface area (TPSA) is 0 Å². The Labute approximate surface area is 111 Å². The van der Waals surface area contributed by atoms with Crippen LogP contribution in [0.25, 0.3) is 11.1 Å². The Morgan fingerprint density at radius 2 is 1.38 bits per heavy atom. The smallest absolute Gasteiger partial charge is 0.131 e. The molecule has 0 bridgehead atoms. The molecule has 0 unspecified atom stereocenters. The monoisotopic (exact) mass is 342 g/mol. The molecule has 0 N–H and O–H groups in total. The van der Waals surface area contributed by atoms with E-state index in [0.29, 0.717) is 5.56 Å². The first-order chi connectivity index (χ1) is 7.70. The van der Waals surface area contributed by atoms with Crippen LogP contribution in [0.3, 0.4) is 0 Å². The second-order valence-corrected chi connectivity index (χ2v) is 6.43. The van der Waals surface area contributed by atoms with Gasteiger partial charge in [0.15, 0.2) is 0 Å². The number of halogens is 3. The highest BCUT2D eigenvalue weighted by molar-refractivity contribution is 9.24. The minimum absolute atomic E-state index is 0.0239. The van der Waals surface area contributed by atoms with Crippen LogP contribution in [0.4, 0.5) is 4.39 Å². The minimum Gasteiger partial charge on any atom is -0.206 e. The van der Waals surface area contributed by atoms with Crippen LogP contribution >= 0.6 is 31.9 Å². The second-order valence-electron chi connectivity index (χ2n) is 3.37. The van der Waals surface area contributed by atoms with Gasteiger partial charge in [0.2, 0.25) is 0 Å². The molecule has 0 fully saturated rings. The standard InChI is InChI=1S/C13H9Br2F/c14-13(15)11-7-2-1-5-9(11)10-6-3-4-8-12(10)16/h1-8,13H. The summed E-state index contributed by atoms with van der Waals surface area (Å²) >= 11 is 6.90. The van der Waals surface area contributed by atoms with Crippen LogP contribution < -0.4 is 0 Å². The lowest BCUT2D eigenvalue weighted by Gasteiger charge is -2.11. The normalized spacial score (nSPS) is 10.8. The lowest BCUT2D eigenvalue weighted by molar-refractivity contribution is 0.631. The van der Waals surface area contributed by atoms with Crippen LogP contribution in [0.15, 0.2) is 48.5 Å². The van der Waals surface area contributed by atoms with Gasteiger partial charge in [-0.25, -0.2) is 4.39 Å². The minimum atomic E-state index is -0.199. The summed E-state index contributed by atoms with van der Waals surface area (Å²) in [4.78, 5) is 0. The molecule has 0 saturated carbocycles. The average Bonchev–Trinajstić information content (AvgIpc) is 2.29. The van der Waals surface area contributed by atoms with Gasteiger partial charge in [0, 0.05) is 5.56 Å². The third-order valence-electron chi connectivity index (χ3n) is 2.36. The summed E-state index contributed by atoms with van der Waals surface area (Å²) in [5.74, 6) is -0.199. The molecule has 0 aliphatic rings. The van der Waals surface area contributed by atoms with Crippen molar-refractivity contribution in [1.29, 1.82) is 0 Å². The summed E-state index contributed by atoms with van der Waals surface area (Å²) in [5, 5.41) is 0. The third kappa shape index (κ3) is 2.36. The lowest BCUT2D eigenvalue weighted by Crippen LogP contribution is -1.90. The zero-order valence-electron chi connectivity index (χ0n) is 8.33. The largest absolute Gasteiger partial charge is 0.206 e. The van der Waals surface area contributed by atoms with Gasteiger partial charge in [-0.1, -0.05) is 74.3 Å². The summed E-state index contributed by atoms with van der Waals surface area (Å²) in [7, 11) is 0. The number of hydrogen-bond acceptors (Lipinski definition) is 0. The second kappa shape index (κ2) is 5.11. The van der Waals surface area contributed by atoms with E-state index in [1.54, 1.807) is 12.1 Å². The number of benzene rings is 2. The van der Waals surface area contributed by atoms with E-state index in [1.165, 1.54) is 6.07 Å². The molecule has 16 heavy (non-hydrogen) atoms. The Kier molecular flexibility index (Phi) is 3.77. The van der Waals surface area contributed by atoms with Crippen LogP contribution in [0, 0.1) is 5.82 Å². The first-order valence-electron chi connectivity index (χ1n) is 4.82. The van der Waals surface area contributed by atoms with Crippen molar-refractivity contribution in [2.24, 2.45) is 0 Å². The number of rotatable bonds is 2. The van der Waals surface area contributed by atoms with Gasteiger partial charge in [-0.05, 0) is 17.2 Å². The van der Waals surface area contributed by atoms with Crippen molar-refractivity contribution < 1.29 is 4.39 Å². The van der Waals surface area contributed by atoms with E-state index < -0.39 is 0 Å². The van der Waals surface area contributed by atoms with E-state index in [1.807, 2.05) is 30.3 Å². The summed E-state index contributed by atoms with van der Waals surface area (Å²) in [6, 6.07) is 14.5. The van der Waals surface area contributed by atoms with E-state index in [9.17, 15) is 4.39 Å². The fourth-order valence-corrected chi connectivity index (χ4v) is 2.41. The van der Waals surface area contributed by atoms with Crippen molar-refractivity contribution >= 4 is 31.9 Å². The fourth-order valence-electron chi connectivity index (χ4n) is 1.61. The van der Waals surface area contributed by atoms with Crippen LogP contribution in [-0.2, 0) is 0 Å². The van der Waals surface area contributed by atoms with Gasteiger partial charge in [-0.2, -0.15) is 0 Å². The highest BCUT2D eigenvalue weighted by Gasteiger charge is 2.12. The Morgan fingerprint density at radius 3 is 2.00 bits per heavy atom.